The third kappa shape index (κ3) is 5.92. The van der Waals surface area contributed by atoms with Gasteiger partial charge in [-0.2, -0.15) is 0 Å². The first kappa shape index (κ1) is 15.8. The van der Waals surface area contributed by atoms with Crippen LogP contribution in [0.15, 0.2) is 24.3 Å². The van der Waals surface area contributed by atoms with Gasteiger partial charge in [0.1, 0.15) is 18.5 Å². The highest BCUT2D eigenvalue weighted by atomic mass is 35.5. The maximum atomic E-state index is 11.2. The smallest absolute Gasteiger partial charge is 0.236 e. The third-order valence-corrected chi connectivity index (χ3v) is 2.77. The highest BCUT2D eigenvalue weighted by molar-refractivity contribution is 6.30. The van der Waals surface area contributed by atoms with E-state index in [1.807, 2.05) is 0 Å². The molecule has 0 spiro atoms. The molecule has 0 saturated heterocycles. The van der Waals surface area contributed by atoms with Crippen LogP contribution in [0.25, 0.3) is 0 Å². The summed E-state index contributed by atoms with van der Waals surface area (Å²) in [6.07, 6.45) is -0.703. The minimum absolute atomic E-state index is 0.122. The van der Waals surface area contributed by atoms with Crippen molar-refractivity contribution in [2.24, 2.45) is 0 Å². The fraction of sp³-hybridized carbons (Fsp3) is 0.462. The number of rotatable bonds is 7. The van der Waals surface area contributed by atoms with Crippen LogP contribution in [-0.2, 0) is 4.79 Å². The minimum atomic E-state index is -0.703. The van der Waals surface area contributed by atoms with E-state index in [1.165, 1.54) is 0 Å². The number of halogens is 1. The molecule has 0 aliphatic heterocycles. The predicted molar refractivity (Wildman–Crippen MR) is 74.5 cm³/mol. The molecule has 3 N–H and O–H groups in total. The summed E-state index contributed by atoms with van der Waals surface area (Å²) in [5, 5.41) is 15.7. The molecule has 19 heavy (non-hydrogen) atoms. The first-order valence-corrected chi connectivity index (χ1v) is 6.42. The molecule has 0 fully saturated rings. The van der Waals surface area contributed by atoms with Crippen molar-refractivity contribution in [2.75, 3.05) is 20.2 Å². The predicted octanol–water partition coefficient (Wildman–Crippen LogP) is 0.804. The SMILES string of the molecule is CNC(=O)C(C)NCC(O)COc1cccc(Cl)c1. The van der Waals surface area contributed by atoms with Crippen molar-refractivity contribution in [3.05, 3.63) is 29.3 Å². The second-order valence-corrected chi connectivity index (χ2v) is 4.60. The Kier molecular flexibility index (Phi) is 6.62. The van der Waals surface area contributed by atoms with E-state index < -0.39 is 6.10 Å². The topological polar surface area (TPSA) is 70.6 Å². The summed E-state index contributed by atoms with van der Waals surface area (Å²) in [5.41, 5.74) is 0. The third-order valence-electron chi connectivity index (χ3n) is 2.54. The number of hydrogen-bond donors (Lipinski definition) is 3. The number of carbonyl (C=O) groups is 1. The fourth-order valence-corrected chi connectivity index (χ4v) is 1.61. The van der Waals surface area contributed by atoms with Crippen molar-refractivity contribution < 1.29 is 14.6 Å². The van der Waals surface area contributed by atoms with E-state index in [-0.39, 0.29) is 25.1 Å². The zero-order valence-electron chi connectivity index (χ0n) is 11.0. The molecule has 1 amide bonds. The Morgan fingerprint density at radius 1 is 1.53 bits per heavy atom. The van der Waals surface area contributed by atoms with Crippen molar-refractivity contribution in [2.45, 2.75) is 19.1 Å². The monoisotopic (exact) mass is 286 g/mol. The molecule has 0 radical (unpaired) electrons. The molecular formula is C13H19ClN2O3. The quantitative estimate of drug-likeness (QED) is 0.694. The molecule has 1 rings (SSSR count). The zero-order valence-corrected chi connectivity index (χ0v) is 11.8. The lowest BCUT2D eigenvalue weighted by atomic mass is 10.3. The Morgan fingerprint density at radius 3 is 2.89 bits per heavy atom. The number of likely N-dealkylation sites (N-methyl/N-ethyl adjacent to an activating group) is 1. The standard InChI is InChI=1S/C13H19ClN2O3/c1-9(13(18)15-2)16-7-11(17)8-19-12-5-3-4-10(14)6-12/h3-6,9,11,16-17H,7-8H2,1-2H3,(H,15,18). The summed E-state index contributed by atoms with van der Waals surface area (Å²) in [5.74, 6) is 0.480. The number of nitrogens with one attached hydrogen (secondary N) is 2. The van der Waals surface area contributed by atoms with Gasteiger partial charge in [-0.25, -0.2) is 0 Å². The van der Waals surface area contributed by atoms with Gasteiger partial charge in [-0.15, -0.1) is 0 Å². The van der Waals surface area contributed by atoms with E-state index >= 15 is 0 Å². The van der Waals surface area contributed by atoms with Crippen LogP contribution in [0.4, 0.5) is 0 Å². The molecule has 0 aliphatic carbocycles. The van der Waals surface area contributed by atoms with Gasteiger partial charge in [-0.05, 0) is 25.1 Å². The van der Waals surface area contributed by atoms with E-state index in [4.69, 9.17) is 16.3 Å². The summed E-state index contributed by atoms with van der Waals surface area (Å²) in [7, 11) is 1.57. The van der Waals surface area contributed by atoms with Gasteiger partial charge in [0.2, 0.25) is 5.91 Å². The number of amides is 1. The molecule has 2 atom stereocenters. The lowest BCUT2D eigenvalue weighted by Crippen LogP contribution is -2.44. The number of hydrogen-bond acceptors (Lipinski definition) is 4. The Morgan fingerprint density at radius 2 is 2.26 bits per heavy atom. The Balaban J connectivity index is 2.28. The summed E-state index contributed by atoms with van der Waals surface area (Å²) in [4.78, 5) is 11.2. The first-order valence-electron chi connectivity index (χ1n) is 6.04. The zero-order chi connectivity index (χ0) is 14.3. The molecular weight excluding hydrogens is 268 g/mol. The molecule has 0 heterocycles. The summed E-state index contributed by atoms with van der Waals surface area (Å²) >= 11 is 5.81. The molecule has 2 unspecified atom stereocenters. The van der Waals surface area contributed by atoms with Gasteiger partial charge >= 0.3 is 0 Å². The normalized spacial score (nSPS) is 13.7. The maximum Gasteiger partial charge on any atom is 0.236 e. The van der Waals surface area contributed by atoms with Gasteiger partial charge in [0.25, 0.3) is 0 Å². The Hall–Kier alpha value is -1.30. The number of ether oxygens (including phenoxy) is 1. The molecule has 1 aromatic carbocycles. The van der Waals surface area contributed by atoms with Crippen molar-refractivity contribution in [3.63, 3.8) is 0 Å². The number of benzene rings is 1. The summed E-state index contributed by atoms with van der Waals surface area (Å²) < 4.78 is 5.39. The Bertz CT molecular complexity index is 415. The van der Waals surface area contributed by atoms with Gasteiger partial charge in [-0.1, -0.05) is 17.7 Å². The second-order valence-electron chi connectivity index (χ2n) is 4.17. The van der Waals surface area contributed by atoms with Crippen LogP contribution < -0.4 is 15.4 Å². The van der Waals surface area contributed by atoms with Gasteiger partial charge < -0.3 is 20.5 Å². The van der Waals surface area contributed by atoms with Crippen molar-refractivity contribution in [1.29, 1.82) is 0 Å². The average Bonchev–Trinajstić information content (AvgIpc) is 2.41. The van der Waals surface area contributed by atoms with E-state index in [9.17, 15) is 9.90 Å². The molecule has 1 aromatic rings. The molecule has 5 nitrogen and oxygen atoms in total. The maximum absolute atomic E-state index is 11.2. The average molecular weight is 287 g/mol. The molecule has 106 valence electrons. The molecule has 0 aliphatic rings. The van der Waals surface area contributed by atoms with Crippen molar-refractivity contribution in [3.8, 4) is 5.75 Å². The van der Waals surface area contributed by atoms with Crippen molar-refractivity contribution >= 4 is 17.5 Å². The number of aliphatic hydroxyl groups excluding tert-OH is 1. The van der Waals surface area contributed by atoms with Crippen LogP contribution in [0.2, 0.25) is 5.02 Å². The van der Waals surface area contributed by atoms with E-state index in [0.29, 0.717) is 10.8 Å². The lowest BCUT2D eigenvalue weighted by Gasteiger charge is -2.16. The van der Waals surface area contributed by atoms with Crippen LogP contribution >= 0.6 is 11.6 Å². The summed E-state index contributed by atoms with van der Waals surface area (Å²) in [6.45, 7) is 2.13. The minimum Gasteiger partial charge on any atom is -0.491 e. The molecule has 6 heteroatoms. The van der Waals surface area contributed by atoms with Crippen LogP contribution in [-0.4, -0.2) is 43.4 Å². The fourth-order valence-electron chi connectivity index (χ4n) is 1.43. The van der Waals surface area contributed by atoms with Crippen LogP contribution in [0, 0.1) is 0 Å². The number of carbonyl (C=O) groups excluding carboxylic acids is 1. The highest BCUT2D eigenvalue weighted by Gasteiger charge is 2.12. The van der Waals surface area contributed by atoms with E-state index in [1.54, 1.807) is 38.2 Å². The largest absolute Gasteiger partial charge is 0.491 e. The molecule has 0 saturated carbocycles. The molecule has 0 aromatic heterocycles. The molecule has 0 bridgehead atoms. The van der Waals surface area contributed by atoms with Crippen LogP contribution in [0.3, 0.4) is 0 Å². The van der Waals surface area contributed by atoms with Crippen LogP contribution in [0.1, 0.15) is 6.92 Å². The van der Waals surface area contributed by atoms with E-state index in [2.05, 4.69) is 10.6 Å². The van der Waals surface area contributed by atoms with Crippen LogP contribution in [0.5, 0.6) is 5.75 Å². The van der Waals surface area contributed by atoms with E-state index in [0.717, 1.165) is 0 Å². The highest BCUT2D eigenvalue weighted by Crippen LogP contribution is 2.17. The van der Waals surface area contributed by atoms with Gasteiger partial charge in [-0.3, -0.25) is 4.79 Å². The summed E-state index contributed by atoms with van der Waals surface area (Å²) in [6, 6.07) is 6.60. The number of aliphatic hydroxyl groups is 1. The lowest BCUT2D eigenvalue weighted by molar-refractivity contribution is -0.122. The first-order chi connectivity index (χ1) is 9.02. The van der Waals surface area contributed by atoms with Crippen molar-refractivity contribution in [1.82, 2.24) is 10.6 Å². The van der Waals surface area contributed by atoms with Gasteiger partial charge in [0.15, 0.2) is 0 Å². The van der Waals surface area contributed by atoms with Gasteiger partial charge in [0.05, 0.1) is 6.04 Å². The Labute approximate surface area is 117 Å². The second kappa shape index (κ2) is 7.99. The van der Waals surface area contributed by atoms with Gasteiger partial charge in [0, 0.05) is 18.6 Å².